The molecule has 0 aromatic heterocycles. The number of carbonyl (C=O) groups is 1. The average Bonchev–Trinajstić information content (AvgIpc) is 2.71. The number of carbonyl (C=O) groups excluding carboxylic acids is 1. The van der Waals surface area contributed by atoms with E-state index in [-0.39, 0.29) is 24.2 Å². The third-order valence-electron chi connectivity index (χ3n) is 5.50. The highest BCUT2D eigenvalue weighted by Gasteiger charge is 2.37. The zero-order valence-electron chi connectivity index (χ0n) is 17.1. The highest BCUT2D eigenvalue weighted by atomic mass is 35.5. The van der Waals surface area contributed by atoms with Crippen molar-refractivity contribution in [2.45, 2.75) is 51.3 Å². The molecule has 0 radical (unpaired) electrons. The van der Waals surface area contributed by atoms with Gasteiger partial charge in [-0.3, -0.25) is 4.79 Å². The fourth-order valence-corrected chi connectivity index (χ4v) is 3.78. The van der Waals surface area contributed by atoms with Crippen LogP contribution in [0.5, 0.6) is 11.5 Å². The summed E-state index contributed by atoms with van der Waals surface area (Å²) in [6, 6.07) is 15.7. The Labute approximate surface area is 179 Å². The molecule has 2 aromatic rings. The molecule has 1 fully saturated rings. The average molecular weight is 419 g/mol. The molecule has 3 rings (SSSR count). The number of halogens is 1. The third kappa shape index (κ3) is 6.12. The molecule has 0 saturated heterocycles. The molecule has 0 spiro atoms. The van der Waals surface area contributed by atoms with Gasteiger partial charge in [-0.05, 0) is 43.0 Å². The topological polar surface area (TPSA) is 73.6 Å². The number of amides is 1. The van der Waals surface area contributed by atoms with E-state index in [2.05, 4.69) is 5.32 Å². The maximum Gasteiger partial charge on any atom is 0.225 e. The standard InChI is InChI=1S/C23H30N2O3.ClH/c1-23(24)13-7-6-10-19(23)22(26)25-15-18-11-12-20(21(14-18)27-2)28-16-17-8-4-3-5-9-17;/h3-5,8-9,11-12,14,19H,6-7,10,13,15-16,24H2,1-2H3,(H,25,26);1H. The molecule has 158 valence electrons. The minimum absolute atomic E-state index is 0. The number of nitrogens with one attached hydrogen (secondary N) is 1. The number of hydrogen-bond acceptors (Lipinski definition) is 4. The van der Waals surface area contributed by atoms with Crippen molar-refractivity contribution in [3.8, 4) is 11.5 Å². The summed E-state index contributed by atoms with van der Waals surface area (Å²) in [5, 5.41) is 3.04. The first-order valence-electron chi connectivity index (χ1n) is 9.90. The van der Waals surface area contributed by atoms with E-state index in [0.717, 1.165) is 36.8 Å². The van der Waals surface area contributed by atoms with Crippen molar-refractivity contribution in [3.63, 3.8) is 0 Å². The normalized spacial score (nSPS) is 21.0. The summed E-state index contributed by atoms with van der Waals surface area (Å²) in [5.74, 6) is 1.25. The highest BCUT2D eigenvalue weighted by Crippen LogP contribution is 2.32. The predicted octanol–water partition coefficient (Wildman–Crippen LogP) is 4.22. The number of nitrogens with two attached hydrogens (primary N) is 1. The predicted molar refractivity (Wildman–Crippen MR) is 117 cm³/mol. The SMILES string of the molecule is COc1cc(CNC(=O)C2CCCCC2(C)N)ccc1OCc1ccccc1.Cl. The van der Waals surface area contributed by atoms with Gasteiger partial charge in [0.2, 0.25) is 5.91 Å². The number of methoxy groups -OCH3 is 1. The maximum atomic E-state index is 12.6. The van der Waals surface area contributed by atoms with Crippen LogP contribution in [0.2, 0.25) is 0 Å². The molecule has 6 heteroatoms. The molecule has 29 heavy (non-hydrogen) atoms. The first kappa shape index (κ1) is 23.0. The summed E-state index contributed by atoms with van der Waals surface area (Å²) in [6.07, 6.45) is 3.91. The smallest absolute Gasteiger partial charge is 0.225 e. The number of ether oxygens (including phenoxy) is 2. The van der Waals surface area contributed by atoms with Crippen LogP contribution in [0.25, 0.3) is 0 Å². The van der Waals surface area contributed by atoms with Gasteiger partial charge in [0.05, 0.1) is 13.0 Å². The fourth-order valence-electron chi connectivity index (χ4n) is 3.78. The van der Waals surface area contributed by atoms with E-state index in [1.165, 1.54) is 0 Å². The Balaban J connectivity index is 0.00000300. The Morgan fingerprint density at radius 3 is 2.59 bits per heavy atom. The Kier molecular flexibility index (Phi) is 8.35. The van der Waals surface area contributed by atoms with Crippen LogP contribution in [0.15, 0.2) is 48.5 Å². The van der Waals surface area contributed by atoms with Gasteiger partial charge in [-0.1, -0.05) is 49.2 Å². The van der Waals surface area contributed by atoms with Crippen molar-refractivity contribution in [2.75, 3.05) is 7.11 Å². The van der Waals surface area contributed by atoms with Crippen LogP contribution in [-0.2, 0) is 17.9 Å². The van der Waals surface area contributed by atoms with Crippen molar-refractivity contribution < 1.29 is 14.3 Å². The Morgan fingerprint density at radius 2 is 1.90 bits per heavy atom. The lowest BCUT2D eigenvalue weighted by Crippen LogP contribution is -2.52. The molecule has 2 aromatic carbocycles. The summed E-state index contributed by atoms with van der Waals surface area (Å²) < 4.78 is 11.4. The van der Waals surface area contributed by atoms with Gasteiger partial charge in [0.25, 0.3) is 0 Å². The van der Waals surface area contributed by atoms with E-state index in [1.807, 2.05) is 55.5 Å². The first-order valence-corrected chi connectivity index (χ1v) is 9.90. The van der Waals surface area contributed by atoms with Gasteiger partial charge in [-0.15, -0.1) is 12.4 Å². The van der Waals surface area contributed by atoms with Crippen LogP contribution < -0.4 is 20.5 Å². The highest BCUT2D eigenvalue weighted by molar-refractivity contribution is 5.85. The molecule has 0 aliphatic heterocycles. The molecule has 1 aliphatic rings. The molecule has 2 unspecified atom stereocenters. The molecule has 1 saturated carbocycles. The second-order valence-corrected chi connectivity index (χ2v) is 7.78. The zero-order chi connectivity index (χ0) is 20.0. The molecule has 1 amide bonds. The fraction of sp³-hybridized carbons (Fsp3) is 0.435. The van der Waals surface area contributed by atoms with Gasteiger partial charge in [0, 0.05) is 12.1 Å². The summed E-state index contributed by atoms with van der Waals surface area (Å²) in [7, 11) is 1.62. The van der Waals surface area contributed by atoms with Gasteiger partial charge in [0.15, 0.2) is 11.5 Å². The summed E-state index contributed by atoms with van der Waals surface area (Å²) in [6.45, 7) is 2.91. The monoisotopic (exact) mass is 418 g/mol. The molecule has 3 N–H and O–H groups in total. The molecule has 5 nitrogen and oxygen atoms in total. The minimum Gasteiger partial charge on any atom is -0.493 e. The lowest BCUT2D eigenvalue weighted by molar-refractivity contribution is -0.128. The van der Waals surface area contributed by atoms with Crippen LogP contribution >= 0.6 is 12.4 Å². The Bertz CT molecular complexity index is 796. The lowest BCUT2D eigenvalue weighted by Gasteiger charge is -2.37. The number of benzene rings is 2. The Hall–Kier alpha value is -2.24. The van der Waals surface area contributed by atoms with Gasteiger partial charge in [-0.25, -0.2) is 0 Å². The van der Waals surface area contributed by atoms with Crippen molar-refractivity contribution in [1.29, 1.82) is 0 Å². The Morgan fingerprint density at radius 1 is 1.14 bits per heavy atom. The van der Waals surface area contributed by atoms with Gasteiger partial charge >= 0.3 is 0 Å². The van der Waals surface area contributed by atoms with Crippen LogP contribution in [0.3, 0.4) is 0 Å². The maximum absolute atomic E-state index is 12.6. The van der Waals surface area contributed by atoms with E-state index in [1.54, 1.807) is 7.11 Å². The minimum atomic E-state index is -0.421. The number of hydrogen-bond donors (Lipinski definition) is 2. The first-order chi connectivity index (χ1) is 13.5. The van der Waals surface area contributed by atoms with E-state index in [9.17, 15) is 4.79 Å². The van der Waals surface area contributed by atoms with Crippen molar-refractivity contribution >= 4 is 18.3 Å². The van der Waals surface area contributed by atoms with E-state index < -0.39 is 5.54 Å². The van der Waals surface area contributed by atoms with Crippen molar-refractivity contribution in [2.24, 2.45) is 11.7 Å². The van der Waals surface area contributed by atoms with Crippen molar-refractivity contribution in [1.82, 2.24) is 5.32 Å². The molecular weight excluding hydrogens is 388 g/mol. The number of rotatable bonds is 7. The van der Waals surface area contributed by atoms with E-state index in [0.29, 0.717) is 24.7 Å². The van der Waals surface area contributed by atoms with E-state index in [4.69, 9.17) is 15.2 Å². The van der Waals surface area contributed by atoms with Crippen LogP contribution in [-0.4, -0.2) is 18.6 Å². The van der Waals surface area contributed by atoms with Crippen LogP contribution in [0, 0.1) is 5.92 Å². The summed E-state index contributed by atoms with van der Waals surface area (Å²) >= 11 is 0. The zero-order valence-corrected chi connectivity index (χ0v) is 18.0. The summed E-state index contributed by atoms with van der Waals surface area (Å²) in [4.78, 5) is 12.6. The van der Waals surface area contributed by atoms with Gasteiger partial charge in [0.1, 0.15) is 6.61 Å². The molecule has 0 bridgehead atoms. The third-order valence-corrected chi connectivity index (χ3v) is 5.50. The second kappa shape index (κ2) is 10.5. The lowest BCUT2D eigenvalue weighted by atomic mass is 9.74. The summed E-state index contributed by atoms with van der Waals surface area (Å²) in [5.41, 5.74) is 7.98. The van der Waals surface area contributed by atoms with Crippen LogP contribution in [0.4, 0.5) is 0 Å². The van der Waals surface area contributed by atoms with Gasteiger partial charge < -0.3 is 20.5 Å². The molecule has 2 atom stereocenters. The largest absolute Gasteiger partial charge is 0.493 e. The second-order valence-electron chi connectivity index (χ2n) is 7.78. The molecule has 0 heterocycles. The van der Waals surface area contributed by atoms with E-state index >= 15 is 0 Å². The van der Waals surface area contributed by atoms with Gasteiger partial charge in [-0.2, -0.15) is 0 Å². The molecular formula is C23H31ClN2O3. The van der Waals surface area contributed by atoms with Crippen LogP contribution in [0.1, 0.15) is 43.7 Å². The quantitative estimate of drug-likeness (QED) is 0.706. The van der Waals surface area contributed by atoms with Crippen molar-refractivity contribution in [3.05, 3.63) is 59.7 Å². The molecule has 1 aliphatic carbocycles.